The molecule has 0 atom stereocenters. The second-order valence-corrected chi connectivity index (χ2v) is 6.09. The monoisotopic (exact) mass is 368 g/mol. The van der Waals surface area contributed by atoms with Gasteiger partial charge >= 0.3 is 6.18 Å². The van der Waals surface area contributed by atoms with Gasteiger partial charge in [-0.25, -0.2) is 4.98 Å². The van der Waals surface area contributed by atoms with Crippen LogP contribution in [-0.2, 0) is 12.8 Å². The van der Waals surface area contributed by atoms with Gasteiger partial charge in [0.1, 0.15) is 18.2 Å². The normalized spacial score (nSPS) is 11.7. The highest BCUT2D eigenvalue weighted by Crippen LogP contribution is 2.32. The molecule has 0 aliphatic rings. The summed E-state index contributed by atoms with van der Waals surface area (Å²) in [6.07, 6.45) is -4.37. The van der Waals surface area contributed by atoms with Crippen molar-refractivity contribution in [1.29, 1.82) is 0 Å². The number of rotatable bonds is 4. The van der Waals surface area contributed by atoms with E-state index in [1.165, 1.54) is 6.07 Å². The first-order valence-electron chi connectivity index (χ1n) is 8.34. The number of aromatic amines is 1. The largest absolute Gasteiger partial charge is 0.488 e. The van der Waals surface area contributed by atoms with Crippen molar-refractivity contribution in [3.63, 3.8) is 0 Å². The highest BCUT2D eigenvalue weighted by molar-refractivity contribution is 5.80. The molecule has 3 nitrogen and oxygen atoms in total. The van der Waals surface area contributed by atoms with E-state index in [1.54, 1.807) is 12.1 Å². The third-order valence-corrected chi connectivity index (χ3v) is 4.18. The number of halogens is 3. The topological polar surface area (TPSA) is 37.9 Å². The molecule has 0 saturated carbocycles. The first-order chi connectivity index (χ1) is 13.0. The standard InChI is InChI=1S/C21H15F3N2O/c22-21(23,24)15-7-5-6-14(12-15)13-27-19-11-4-1-8-16(19)20-25-17-9-2-3-10-18(17)26-20/h1-12H,13H2,(H,25,26). The van der Waals surface area contributed by atoms with E-state index in [9.17, 15) is 13.2 Å². The Morgan fingerprint density at radius 2 is 1.67 bits per heavy atom. The molecule has 0 amide bonds. The minimum Gasteiger partial charge on any atom is -0.488 e. The zero-order chi connectivity index (χ0) is 18.9. The van der Waals surface area contributed by atoms with Crippen LogP contribution >= 0.6 is 0 Å². The summed E-state index contributed by atoms with van der Waals surface area (Å²) in [6, 6.07) is 20.1. The van der Waals surface area contributed by atoms with Gasteiger partial charge in [0.2, 0.25) is 0 Å². The Balaban J connectivity index is 1.61. The lowest BCUT2D eigenvalue weighted by molar-refractivity contribution is -0.137. The highest BCUT2D eigenvalue weighted by atomic mass is 19.4. The second-order valence-electron chi connectivity index (χ2n) is 6.09. The molecule has 0 fully saturated rings. The molecule has 6 heteroatoms. The van der Waals surface area contributed by atoms with Gasteiger partial charge in [0, 0.05) is 0 Å². The quantitative estimate of drug-likeness (QED) is 0.492. The average molecular weight is 368 g/mol. The lowest BCUT2D eigenvalue weighted by atomic mass is 10.1. The predicted octanol–water partition coefficient (Wildman–Crippen LogP) is 5.83. The molecule has 4 rings (SSSR count). The minimum atomic E-state index is -4.37. The highest BCUT2D eigenvalue weighted by Gasteiger charge is 2.30. The molecule has 0 aliphatic carbocycles. The lowest BCUT2D eigenvalue weighted by Gasteiger charge is -2.12. The Kier molecular flexibility index (Phi) is 4.32. The molecule has 0 spiro atoms. The van der Waals surface area contributed by atoms with Gasteiger partial charge in [0.25, 0.3) is 0 Å². The number of alkyl halides is 3. The summed E-state index contributed by atoms with van der Waals surface area (Å²) in [7, 11) is 0. The fourth-order valence-electron chi connectivity index (χ4n) is 2.87. The Morgan fingerprint density at radius 3 is 2.48 bits per heavy atom. The van der Waals surface area contributed by atoms with E-state index in [-0.39, 0.29) is 6.61 Å². The van der Waals surface area contributed by atoms with Crippen LogP contribution in [-0.4, -0.2) is 9.97 Å². The molecular formula is C21H15F3N2O. The molecule has 0 saturated heterocycles. The van der Waals surface area contributed by atoms with Gasteiger partial charge in [0.05, 0.1) is 22.2 Å². The zero-order valence-electron chi connectivity index (χ0n) is 14.1. The summed E-state index contributed by atoms with van der Waals surface area (Å²) >= 11 is 0. The number of fused-ring (bicyclic) bond motifs is 1. The number of aromatic nitrogens is 2. The van der Waals surface area contributed by atoms with E-state index in [2.05, 4.69) is 9.97 Å². The van der Waals surface area contributed by atoms with Gasteiger partial charge in [-0.2, -0.15) is 13.2 Å². The first kappa shape index (κ1) is 17.1. The van der Waals surface area contributed by atoms with Crippen molar-refractivity contribution in [1.82, 2.24) is 9.97 Å². The van der Waals surface area contributed by atoms with E-state index < -0.39 is 11.7 Å². The Bertz CT molecular complexity index is 1050. The number of benzene rings is 3. The van der Waals surface area contributed by atoms with Crippen LogP contribution in [0.15, 0.2) is 72.8 Å². The number of imidazole rings is 1. The average Bonchev–Trinajstić information content (AvgIpc) is 3.10. The van der Waals surface area contributed by atoms with Gasteiger partial charge in [-0.1, -0.05) is 36.4 Å². The van der Waals surface area contributed by atoms with E-state index in [1.807, 2.05) is 42.5 Å². The molecule has 0 aliphatic heterocycles. The van der Waals surface area contributed by atoms with Crippen molar-refractivity contribution < 1.29 is 17.9 Å². The van der Waals surface area contributed by atoms with E-state index in [0.29, 0.717) is 17.1 Å². The molecule has 1 heterocycles. The van der Waals surface area contributed by atoms with Crippen molar-refractivity contribution in [2.45, 2.75) is 12.8 Å². The van der Waals surface area contributed by atoms with Crippen molar-refractivity contribution in [2.24, 2.45) is 0 Å². The van der Waals surface area contributed by atoms with Crippen LogP contribution in [0, 0.1) is 0 Å². The van der Waals surface area contributed by atoms with Gasteiger partial charge in [-0.05, 0) is 42.0 Å². The summed E-state index contributed by atoms with van der Waals surface area (Å²) in [5.74, 6) is 1.20. The van der Waals surface area contributed by atoms with Gasteiger partial charge < -0.3 is 9.72 Å². The van der Waals surface area contributed by atoms with E-state index in [4.69, 9.17) is 4.74 Å². The third-order valence-electron chi connectivity index (χ3n) is 4.18. The molecule has 27 heavy (non-hydrogen) atoms. The number of nitrogens with zero attached hydrogens (tertiary/aromatic N) is 1. The Hall–Kier alpha value is -3.28. The molecule has 0 unspecified atom stereocenters. The summed E-state index contributed by atoms with van der Waals surface area (Å²) < 4.78 is 44.4. The third kappa shape index (κ3) is 3.65. The number of nitrogens with one attached hydrogen (secondary N) is 1. The van der Waals surface area contributed by atoms with Crippen LogP contribution in [0.25, 0.3) is 22.4 Å². The number of para-hydroxylation sites is 3. The van der Waals surface area contributed by atoms with Gasteiger partial charge in [0.15, 0.2) is 0 Å². The summed E-state index contributed by atoms with van der Waals surface area (Å²) in [6.45, 7) is 0.0289. The fraction of sp³-hybridized carbons (Fsp3) is 0.0952. The molecule has 3 aromatic carbocycles. The number of H-pyrrole nitrogens is 1. The Labute approximate surface area is 153 Å². The maximum atomic E-state index is 12.9. The van der Waals surface area contributed by atoms with Crippen molar-refractivity contribution >= 4 is 11.0 Å². The molecule has 1 N–H and O–H groups in total. The van der Waals surface area contributed by atoms with Crippen LogP contribution in [0.4, 0.5) is 13.2 Å². The smallest absolute Gasteiger partial charge is 0.416 e. The fourth-order valence-corrected chi connectivity index (χ4v) is 2.87. The summed E-state index contributed by atoms with van der Waals surface area (Å²) in [5, 5.41) is 0. The zero-order valence-corrected chi connectivity index (χ0v) is 14.1. The molecular weight excluding hydrogens is 353 g/mol. The first-order valence-corrected chi connectivity index (χ1v) is 8.34. The van der Waals surface area contributed by atoms with E-state index in [0.717, 1.165) is 28.7 Å². The van der Waals surface area contributed by atoms with Crippen molar-refractivity contribution in [2.75, 3.05) is 0 Å². The van der Waals surface area contributed by atoms with Crippen LogP contribution in [0.1, 0.15) is 11.1 Å². The molecule has 0 radical (unpaired) electrons. The van der Waals surface area contributed by atoms with Crippen molar-refractivity contribution in [3.8, 4) is 17.1 Å². The van der Waals surface area contributed by atoms with Crippen LogP contribution in [0.2, 0.25) is 0 Å². The summed E-state index contributed by atoms with van der Waals surface area (Å²) in [4.78, 5) is 7.80. The van der Waals surface area contributed by atoms with Crippen LogP contribution in [0.5, 0.6) is 5.75 Å². The molecule has 4 aromatic rings. The minimum absolute atomic E-state index is 0.0289. The lowest BCUT2D eigenvalue weighted by Crippen LogP contribution is -2.06. The number of hydrogen-bond acceptors (Lipinski definition) is 2. The molecule has 1 aromatic heterocycles. The SMILES string of the molecule is FC(F)(F)c1cccc(COc2ccccc2-c2nc3ccccc3[nH]2)c1. The van der Waals surface area contributed by atoms with Gasteiger partial charge in [-0.3, -0.25) is 0 Å². The maximum absolute atomic E-state index is 12.9. The Morgan fingerprint density at radius 1 is 0.889 bits per heavy atom. The van der Waals surface area contributed by atoms with Crippen LogP contribution < -0.4 is 4.74 Å². The van der Waals surface area contributed by atoms with Gasteiger partial charge in [-0.15, -0.1) is 0 Å². The second kappa shape index (κ2) is 6.79. The molecule has 136 valence electrons. The van der Waals surface area contributed by atoms with Crippen LogP contribution in [0.3, 0.4) is 0 Å². The number of hydrogen-bond donors (Lipinski definition) is 1. The number of ether oxygens (including phenoxy) is 1. The van der Waals surface area contributed by atoms with Crippen molar-refractivity contribution in [3.05, 3.63) is 83.9 Å². The summed E-state index contributed by atoms with van der Waals surface area (Å²) in [5.41, 5.74) is 2.25. The maximum Gasteiger partial charge on any atom is 0.416 e. The van der Waals surface area contributed by atoms with E-state index >= 15 is 0 Å². The molecule has 0 bridgehead atoms. The predicted molar refractivity (Wildman–Crippen MR) is 97.3 cm³/mol.